The number of piperazine rings is 1. The summed E-state index contributed by atoms with van der Waals surface area (Å²) in [6.07, 6.45) is 8.07. The molecule has 0 spiro atoms. The maximum atomic E-state index is 13.8. The first-order chi connectivity index (χ1) is 18.0. The van der Waals surface area contributed by atoms with Crippen molar-refractivity contribution >= 4 is 22.5 Å². The average Bonchev–Trinajstić information content (AvgIpc) is 3.42. The molecule has 2 aromatic heterocycles. The fourth-order valence-electron chi connectivity index (χ4n) is 6.23. The molecule has 2 bridgehead atoms. The second kappa shape index (κ2) is 8.42. The molecule has 4 aromatic rings. The molecule has 2 aliphatic heterocycles. The number of pyridine rings is 1. The van der Waals surface area contributed by atoms with Gasteiger partial charge in [-0.1, -0.05) is 12.1 Å². The van der Waals surface area contributed by atoms with Crippen molar-refractivity contribution in [3.8, 4) is 11.3 Å². The molecule has 3 fully saturated rings. The summed E-state index contributed by atoms with van der Waals surface area (Å²) in [5.41, 5.74) is 6.50. The minimum absolute atomic E-state index is 0.00441. The number of aryl methyl sites for hydroxylation is 2. The van der Waals surface area contributed by atoms with Gasteiger partial charge in [0, 0.05) is 66.8 Å². The molecule has 2 saturated heterocycles. The fraction of sp³-hybridized carbons (Fsp3) is 0.367. The topological polar surface area (TPSA) is 75.1 Å². The van der Waals surface area contributed by atoms with Crippen molar-refractivity contribution in [2.45, 2.75) is 50.2 Å². The molecule has 3 aliphatic rings. The van der Waals surface area contributed by atoms with E-state index in [0.29, 0.717) is 12.1 Å². The summed E-state index contributed by atoms with van der Waals surface area (Å²) in [4.78, 5) is 20.9. The molecule has 2 unspecified atom stereocenters. The molecule has 7 heteroatoms. The van der Waals surface area contributed by atoms with Crippen LogP contribution in [0.5, 0.6) is 0 Å². The van der Waals surface area contributed by atoms with Crippen LogP contribution >= 0.6 is 0 Å². The van der Waals surface area contributed by atoms with Crippen molar-refractivity contribution in [3.05, 3.63) is 77.6 Å². The lowest BCUT2D eigenvalue weighted by molar-refractivity contribution is 0.0930. The van der Waals surface area contributed by atoms with Gasteiger partial charge < -0.3 is 15.5 Å². The molecule has 7 rings (SSSR count). The predicted molar refractivity (Wildman–Crippen MR) is 146 cm³/mol. The standard InChI is InChI=1S/C30H32N6O/c1-19-5-8-23(36-17-21-6-7-22(18-36)32-21)16-25(19)29(37)33-30(10-11-30)26-14-20(27-9-13-35(2)34-27)15-28-24(26)4-3-12-31-28/h3-5,8-9,12-16,21-22,32H,6-7,10-11,17-18H2,1-2H3,(H,33,37). The number of fused-ring (bicyclic) bond motifs is 3. The summed E-state index contributed by atoms with van der Waals surface area (Å²) in [5, 5.41) is 12.8. The first-order valence-electron chi connectivity index (χ1n) is 13.3. The SMILES string of the molecule is Cc1ccc(N2CC3CCC(C2)N3)cc1C(=O)NC1(c2cc(-c3ccn(C)n3)cc3ncccc23)CC1. The molecule has 1 amide bonds. The second-order valence-corrected chi connectivity index (χ2v) is 11.0. The van der Waals surface area contributed by atoms with Crippen molar-refractivity contribution in [1.82, 2.24) is 25.4 Å². The normalized spacial score (nSPS) is 21.8. The Kier molecular flexibility index (Phi) is 5.11. The number of rotatable bonds is 5. The van der Waals surface area contributed by atoms with Gasteiger partial charge in [-0.15, -0.1) is 0 Å². The Morgan fingerprint density at radius 3 is 2.62 bits per heavy atom. The number of hydrogen-bond donors (Lipinski definition) is 2. The Morgan fingerprint density at radius 2 is 1.89 bits per heavy atom. The van der Waals surface area contributed by atoms with E-state index in [1.807, 2.05) is 43.2 Å². The van der Waals surface area contributed by atoms with Crippen LogP contribution in [0.4, 0.5) is 5.69 Å². The molecular weight excluding hydrogens is 460 g/mol. The maximum Gasteiger partial charge on any atom is 0.252 e. The number of aromatic nitrogens is 3. The number of carbonyl (C=O) groups excluding carboxylic acids is 1. The highest BCUT2D eigenvalue weighted by atomic mass is 16.1. The van der Waals surface area contributed by atoms with Crippen LogP contribution in [0.2, 0.25) is 0 Å². The Hall–Kier alpha value is -3.71. The minimum Gasteiger partial charge on any atom is -0.368 e. The highest BCUT2D eigenvalue weighted by Gasteiger charge is 2.47. The molecule has 188 valence electrons. The van der Waals surface area contributed by atoms with Gasteiger partial charge in [0.05, 0.1) is 16.7 Å². The van der Waals surface area contributed by atoms with Gasteiger partial charge in [-0.2, -0.15) is 5.10 Å². The molecule has 1 aliphatic carbocycles. The molecule has 2 atom stereocenters. The average molecular weight is 493 g/mol. The van der Waals surface area contributed by atoms with Crippen molar-refractivity contribution in [3.63, 3.8) is 0 Å². The maximum absolute atomic E-state index is 13.8. The van der Waals surface area contributed by atoms with Crippen molar-refractivity contribution in [1.29, 1.82) is 0 Å². The molecule has 0 radical (unpaired) electrons. The third-order valence-corrected chi connectivity index (χ3v) is 8.40. The van der Waals surface area contributed by atoms with Gasteiger partial charge in [-0.3, -0.25) is 14.5 Å². The third-order valence-electron chi connectivity index (χ3n) is 8.40. The second-order valence-electron chi connectivity index (χ2n) is 11.0. The number of nitrogens with one attached hydrogen (secondary N) is 2. The van der Waals surface area contributed by atoms with Crippen molar-refractivity contribution in [2.24, 2.45) is 7.05 Å². The van der Waals surface area contributed by atoms with Crippen LogP contribution < -0.4 is 15.5 Å². The summed E-state index contributed by atoms with van der Waals surface area (Å²) in [5.74, 6) is -0.00441. The Bertz CT molecular complexity index is 1510. The summed E-state index contributed by atoms with van der Waals surface area (Å²) < 4.78 is 1.81. The molecule has 2 aromatic carbocycles. The Labute approximate surface area is 216 Å². The third kappa shape index (κ3) is 3.98. The van der Waals surface area contributed by atoms with Crippen LogP contribution in [0.15, 0.2) is 60.9 Å². The molecular formula is C30H32N6O. The zero-order valence-corrected chi connectivity index (χ0v) is 21.4. The summed E-state index contributed by atoms with van der Waals surface area (Å²) in [7, 11) is 1.92. The number of hydrogen-bond acceptors (Lipinski definition) is 5. The number of amides is 1. The van der Waals surface area contributed by atoms with Crippen LogP contribution in [-0.4, -0.2) is 45.8 Å². The lowest BCUT2D eigenvalue weighted by Crippen LogP contribution is -2.51. The van der Waals surface area contributed by atoms with Gasteiger partial charge in [0.15, 0.2) is 0 Å². The molecule has 7 nitrogen and oxygen atoms in total. The number of carbonyl (C=O) groups is 1. The van der Waals surface area contributed by atoms with E-state index in [0.717, 1.165) is 70.5 Å². The van der Waals surface area contributed by atoms with Crippen LogP contribution in [0.1, 0.15) is 47.2 Å². The number of anilines is 1. The van der Waals surface area contributed by atoms with Crippen molar-refractivity contribution < 1.29 is 4.79 Å². The van der Waals surface area contributed by atoms with Crippen LogP contribution in [0.25, 0.3) is 22.2 Å². The van der Waals surface area contributed by atoms with Crippen LogP contribution in [0, 0.1) is 6.92 Å². The Morgan fingerprint density at radius 1 is 1.08 bits per heavy atom. The number of nitrogens with zero attached hydrogens (tertiary/aromatic N) is 4. The molecule has 37 heavy (non-hydrogen) atoms. The first-order valence-corrected chi connectivity index (χ1v) is 13.3. The van der Waals surface area contributed by atoms with E-state index in [2.05, 4.69) is 62.0 Å². The first kappa shape index (κ1) is 22.5. The van der Waals surface area contributed by atoms with Gasteiger partial charge >= 0.3 is 0 Å². The molecule has 4 heterocycles. The highest BCUT2D eigenvalue weighted by Crippen LogP contribution is 2.49. The van der Waals surface area contributed by atoms with E-state index in [9.17, 15) is 4.79 Å². The van der Waals surface area contributed by atoms with Gasteiger partial charge in [-0.05, 0) is 80.1 Å². The lowest BCUT2D eigenvalue weighted by Gasteiger charge is -2.35. The van der Waals surface area contributed by atoms with Gasteiger partial charge in [0.2, 0.25) is 0 Å². The smallest absolute Gasteiger partial charge is 0.252 e. The summed E-state index contributed by atoms with van der Waals surface area (Å²) in [6.45, 7) is 4.04. The van der Waals surface area contributed by atoms with Gasteiger partial charge in [-0.25, -0.2) is 0 Å². The number of benzene rings is 2. The minimum atomic E-state index is -0.389. The zero-order chi connectivity index (χ0) is 25.1. The van der Waals surface area contributed by atoms with Crippen molar-refractivity contribution in [2.75, 3.05) is 18.0 Å². The fourth-order valence-corrected chi connectivity index (χ4v) is 6.23. The van der Waals surface area contributed by atoms with E-state index in [-0.39, 0.29) is 11.4 Å². The molecule has 1 saturated carbocycles. The summed E-state index contributed by atoms with van der Waals surface area (Å²) in [6, 6.07) is 17.8. The van der Waals surface area contributed by atoms with Crippen LogP contribution in [-0.2, 0) is 12.6 Å². The van der Waals surface area contributed by atoms with E-state index >= 15 is 0 Å². The van der Waals surface area contributed by atoms with E-state index < -0.39 is 0 Å². The monoisotopic (exact) mass is 492 g/mol. The summed E-state index contributed by atoms with van der Waals surface area (Å²) >= 11 is 0. The zero-order valence-electron chi connectivity index (χ0n) is 21.4. The highest BCUT2D eigenvalue weighted by molar-refractivity contribution is 5.98. The lowest BCUT2D eigenvalue weighted by atomic mass is 9.94. The van der Waals surface area contributed by atoms with E-state index in [4.69, 9.17) is 0 Å². The van der Waals surface area contributed by atoms with Gasteiger partial charge in [0.1, 0.15) is 0 Å². The molecule has 2 N–H and O–H groups in total. The van der Waals surface area contributed by atoms with Gasteiger partial charge in [0.25, 0.3) is 5.91 Å². The van der Waals surface area contributed by atoms with E-state index in [1.54, 1.807) is 0 Å². The quantitative estimate of drug-likeness (QED) is 0.434. The largest absolute Gasteiger partial charge is 0.368 e. The van der Waals surface area contributed by atoms with E-state index in [1.165, 1.54) is 12.8 Å². The predicted octanol–water partition coefficient (Wildman–Crippen LogP) is 4.30. The Balaban J connectivity index is 1.22. The van der Waals surface area contributed by atoms with Crippen LogP contribution in [0.3, 0.4) is 0 Å².